The average Bonchev–Trinajstić information content (AvgIpc) is 3.33. The highest BCUT2D eigenvalue weighted by atomic mass is 16.5. The highest BCUT2D eigenvalue weighted by molar-refractivity contribution is 5.91. The van der Waals surface area contributed by atoms with Gasteiger partial charge in [-0.05, 0) is 30.5 Å². The quantitative estimate of drug-likeness (QED) is 0.817. The molecule has 7 nitrogen and oxygen atoms in total. The van der Waals surface area contributed by atoms with E-state index in [0.717, 1.165) is 24.8 Å². The molecule has 2 aromatic rings. The van der Waals surface area contributed by atoms with E-state index in [4.69, 9.17) is 14.0 Å². The smallest absolute Gasteiger partial charge is 0.292 e. The lowest BCUT2D eigenvalue weighted by Gasteiger charge is -2.43. The number of hydrogen-bond acceptors (Lipinski definition) is 6. The fourth-order valence-electron chi connectivity index (χ4n) is 4.01. The van der Waals surface area contributed by atoms with E-state index in [1.165, 1.54) is 6.20 Å². The molecule has 0 aromatic carbocycles. The molecule has 138 valence electrons. The highest BCUT2D eigenvalue weighted by Crippen LogP contribution is 2.41. The molecule has 1 aliphatic carbocycles. The monoisotopic (exact) mass is 357 g/mol. The summed E-state index contributed by atoms with van der Waals surface area (Å²) >= 11 is 0. The van der Waals surface area contributed by atoms with Crippen molar-refractivity contribution < 1.29 is 18.8 Å². The fourth-order valence-corrected chi connectivity index (χ4v) is 4.01. The molecule has 1 saturated heterocycles. The maximum absolute atomic E-state index is 12.6. The minimum Gasteiger partial charge on any atom is -0.376 e. The molecule has 2 aromatic heterocycles. The van der Waals surface area contributed by atoms with E-state index in [1.54, 1.807) is 18.5 Å². The van der Waals surface area contributed by atoms with Crippen LogP contribution in [0.1, 0.15) is 35.4 Å². The summed E-state index contributed by atoms with van der Waals surface area (Å²) in [7, 11) is 0. The van der Waals surface area contributed by atoms with Crippen molar-refractivity contribution in [3.05, 3.63) is 48.1 Å². The lowest BCUT2D eigenvalue weighted by molar-refractivity contribution is -0.134. The molecule has 0 bridgehead atoms. The van der Waals surface area contributed by atoms with Crippen LogP contribution in [0.15, 0.2) is 41.3 Å². The van der Waals surface area contributed by atoms with Crippen molar-refractivity contribution in [1.29, 1.82) is 0 Å². The molecule has 26 heavy (non-hydrogen) atoms. The lowest BCUT2D eigenvalue weighted by atomic mass is 9.89. The van der Waals surface area contributed by atoms with Crippen LogP contribution in [-0.2, 0) is 16.1 Å². The molecule has 1 saturated carbocycles. The Morgan fingerprint density at radius 3 is 3.00 bits per heavy atom. The molecular formula is C19H23N3O4. The Hall–Kier alpha value is -2.25. The first kappa shape index (κ1) is 17.2. The Bertz CT molecular complexity index is 722. The minimum atomic E-state index is -0.313. The Morgan fingerprint density at radius 1 is 1.31 bits per heavy atom. The van der Waals surface area contributed by atoms with Crippen molar-refractivity contribution in [3.8, 4) is 0 Å². The number of rotatable bonds is 5. The van der Waals surface area contributed by atoms with Crippen LogP contribution in [0.3, 0.4) is 0 Å². The summed E-state index contributed by atoms with van der Waals surface area (Å²) in [5, 5.41) is 3.63. The molecule has 2 aliphatic rings. The number of nitrogens with zero attached hydrogens (tertiary/aromatic N) is 3. The van der Waals surface area contributed by atoms with E-state index >= 15 is 0 Å². The molecule has 1 amide bonds. The van der Waals surface area contributed by atoms with Crippen molar-refractivity contribution in [2.45, 2.75) is 31.5 Å². The van der Waals surface area contributed by atoms with E-state index in [9.17, 15) is 4.79 Å². The van der Waals surface area contributed by atoms with Crippen molar-refractivity contribution in [3.63, 3.8) is 0 Å². The summed E-state index contributed by atoms with van der Waals surface area (Å²) in [6.45, 7) is 2.89. The van der Waals surface area contributed by atoms with Crippen LogP contribution >= 0.6 is 0 Å². The molecule has 0 unspecified atom stereocenters. The standard InChI is InChI=1S/C19H23N3O4/c23-18(17-5-9-21-26-17)22-10-11-25-19(14-22)6-1-2-16(19)13-24-12-15-3-7-20-8-4-15/h3-5,7-9,16H,1-2,6,10-14H2/t16-,19-/m1/s1. The number of carbonyl (C=O) groups is 1. The zero-order valence-electron chi connectivity index (χ0n) is 14.7. The van der Waals surface area contributed by atoms with Gasteiger partial charge in [0, 0.05) is 30.9 Å². The molecule has 7 heteroatoms. The Morgan fingerprint density at radius 2 is 2.19 bits per heavy atom. The van der Waals surface area contributed by atoms with Crippen LogP contribution in [-0.4, -0.2) is 52.9 Å². The third kappa shape index (κ3) is 3.50. The fraction of sp³-hybridized carbons (Fsp3) is 0.526. The number of aromatic nitrogens is 2. The largest absolute Gasteiger partial charge is 0.376 e. The van der Waals surface area contributed by atoms with Gasteiger partial charge in [0.2, 0.25) is 5.76 Å². The number of ether oxygens (including phenoxy) is 2. The van der Waals surface area contributed by atoms with Gasteiger partial charge < -0.3 is 18.9 Å². The summed E-state index contributed by atoms with van der Waals surface area (Å²) < 4.78 is 17.2. The summed E-state index contributed by atoms with van der Waals surface area (Å²) in [5.41, 5.74) is 0.797. The average molecular weight is 357 g/mol. The number of carbonyl (C=O) groups excluding carboxylic acids is 1. The second kappa shape index (κ2) is 7.55. The first-order chi connectivity index (χ1) is 12.8. The van der Waals surface area contributed by atoms with Crippen molar-refractivity contribution in [2.75, 3.05) is 26.3 Å². The highest BCUT2D eigenvalue weighted by Gasteiger charge is 2.48. The third-order valence-corrected chi connectivity index (χ3v) is 5.38. The summed E-state index contributed by atoms with van der Waals surface area (Å²) in [4.78, 5) is 18.5. The van der Waals surface area contributed by atoms with Gasteiger partial charge in [-0.2, -0.15) is 0 Å². The van der Waals surface area contributed by atoms with Crippen molar-refractivity contribution >= 4 is 5.91 Å². The molecule has 0 N–H and O–H groups in total. The van der Waals surface area contributed by atoms with E-state index in [2.05, 4.69) is 10.1 Å². The second-order valence-corrected chi connectivity index (χ2v) is 6.98. The van der Waals surface area contributed by atoms with Crippen LogP contribution in [0.2, 0.25) is 0 Å². The van der Waals surface area contributed by atoms with E-state index < -0.39 is 0 Å². The van der Waals surface area contributed by atoms with Crippen molar-refractivity contribution in [2.24, 2.45) is 5.92 Å². The molecule has 0 radical (unpaired) electrons. The first-order valence-electron chi connectivity index (χ1n) is 9.07. The van der Waals surface area contributed by atoms with E-state index in [1.807, 2.05) is 17.0 Å². The summed E-state index contributed by atoms with van der Waals surface area (Å²) in [5.74, 6) is 0.453. The molecule has 4 rings (SSSR count). The minimum absolute atomic E-state index is 0.117. The molecular weight excluding hydrogens is 334 g/mol. The molecule has 1 aliphatic heterocycles. The maximum Gasteiger partial charge on any atom is 0.292 e. The van der Waals surface area contributed by atoms with Crippen LogP contribution in [0.5, 0.6) is 0 Å². The van der Waals surface area contributed by atoms with E-state index in [0.29, 0.717) is 32.9 Å². The first-order valence-corrected chi connectivity index (χ1v) is 9.07. The van der Waals surface area contributed by atoms with Gasteiger partial charge >= 0.3 is 0 Å². The lowest BCUT2D eigenvalue weighted by Crippen LogP contribution is -2.56. The van der Waals surface area contributed by atoms with Gasteiger partial charge in [0.1, 0.15) is 0 Å². The number of hydrogen-bond donors (Lipinski definition) is 0. The summed E-state index contributed by atoms with van der Waals surface area (Å²) in [6.07, 6.45) is 8.14. The SMILES string of the molecule is O=C(c1ccno1)N1CCO[C@]2(CCC[C@@H]2COCc2ccncc2)C1. The van der Waals surface area contributed by atoms with Crippen LogP contribution in [0.4, 0.5) is 0 Å². The normalized spacial score (nSPS) is 25.7. The second-order valence-electron chi connectivity index (χ2n) is 6.98. The number of amides is 1. The molecule has 3 heterocycles. The topological polar surface area (TPSA) is 77.7 Å². The zero-order valence-corrected chi connectivity index (χ0v) is 14.7. The summed E-state index contributed by atoms with van der Waals surface area (Å²) in [6, 6.07) is 5.52. The number of morpholine rings is 1. The Balaban J connectivity index is 1.38. The van der Waals surface area contributed by atoms with Crippen LogP contribution in [0, 0.1) is 5.92 Å². The Labute approximate surface area is 152 Å². The van der Waals surface area contributed by atoms with Gasteiger partial charge in [0.25, 0.3) is 5.91 Å². The van der Waals surface area contributed by atoms with Crippen LogP contribution < -0.4 is 0 Å². The third-order valence-electron chi connectivity index (χ3n) is 5.38. The number of pyridine rings is 1. The molecule has 2 atom stereocenters. The maximum atomic E-state index is 12.6. The van der Waals surface area contributed by atoms with Gasteiger partial charge in [-0.25, -0.2) is 0 Å². The van der Waals surface area contributed by atoms with Gasteiger partial charge in [-0.15, -0.1) is 0 Å². The Kier molecular flexibility index (Phi) is 4.99. The van der Waals surface area contributed by atoms with Crippen LogP contribution in [0.25, 0.3) is 0 Å². The predicted octanol–water partition coefficient (Wildman–Crippen LogP) is 2.30. The van der Waals surface area contributed by atoms with Gasteiger partial charge in [-0.1, -0.05) is 11.6 Å². The van der Waals surface area contributed by atoms with E-state index in [-0.39, 0.29) is 23.2 Å². The van der Waals surface area contributed by atoms with Gasteiger partial charge in [0.05, 0.1) is 38.2 Å². The van der Waals surface area contributed by atoms with Gasteiger partial charge in [0.15, 0.2) is 0 Å². The molecule has 2 fully saturated rings. The predicted molar refractivity (Wildman–Crippen MR) is 92.3 cm³/mol. The van der Waals surface area contributed by atoms with Crippen molar-refractivity contribution in [1.82, 2.24) is 15.0 Å². The molecule has 1 spiro atoms. The van der Waals surface area contributed by atoms with Gasteiger partial charge in [-0.3, -0.25) is 9.78 Å². The zero-order chi connectivity index (χ0) is 17.8.